The number of methoxy groups -OCH3 is 1. The van der Waals surface area contributed by atoms with Gasteiger partial charge in [-0.25, -0.2) is 0 Å². The van der Waals surface area contributed by atoms with E-state index in [1.807, 2.05) is 0 Å². The predicted molar refractivity (Wildman–Crippen MR) is 68.6 cm³/mol. The molecular weight excluding hydrogens is 266 g/mol. The molecule has 0 spiro atoms. The first kappa shape index (κ1) is 15.4. The minimum absolute atomic E-state index is 0.0289. The highest BCUT2D eigenvalue weighted by Crippen LogP contribution is 2.39. The van der Waals surface area contributed by atoms with Crippen LogP contribution in [0.1, 0.15) is 33.6 Å². The third-order valence-corrected chi connectivity index (χ3v) is 3.47. The fourth-order valence-corrected chi connectivity index (χ4v) is 2.54. The van der Waals surface area contributed by atoms with Crippen molar-refractivity contribution in [3.63, 3.8) is 0 Å². The van der Waals surface area contributed by atoms with Gasteiger partial charge >= 0.3 is 0 Å². The number of fused-ring (bicyclic) bond motifs is 1. The zero-order valence-corrected chi connectivity index (χ0v) is 12.2. The lowest BCUT2D eigenvalue weighted by Crippen LogP contribution is -2.36. The molecule has 0 saturated carbocycles. The smallest absolute Gasteiger partial charge is 0.187 e. The Morgan fingerprint density at radius 2 is 2.00 bits per heavy atom. The Morgan fingerprint density at radius 1 is 1.35 bits per heavy atom. The van der Waals surface area contributed by atoms with Crippen LogP contribution in [0.4, 0.5) is 0 Å². The second-order valence-corrected chi connectivity index (χ2v) is 5.39. The Hall–Kier alpha value is -1.02. The van der Waals surface area contributed by atoms with Crippen LogP contribution in [0.25, 0.3) is 0 Å². The lowest BCUT2D eigenvalue weighted by Gasteiger charge is -2.23. The molecule has 2 aliphatic rings. The Bertz CT molecular complexity index is 408. The number of ether oxygens (including phenoxy) is 4. The summed E-state index contributed by atoms with van der Waals surface area (Å²) in [6.07, 6.45) is -1.72. The molecule has 0 amide bonds. The van der Waals surface area contributed by atoms with Gasteiger partial charge in [-0.05, 0) is 13.8 Å². The van der Waals surface area contributed by atoms with Gasteiger partial charge in [0, 0.05) is 13.5 Å². The average molecular weight is 287 g/mol. The quantitative estimate of drug-likeness (QED) is 0.462. The van der Waals surface area contributed by atoms with E-state index >= 15 is 0 Å². The minimum Gasteiger partial charge on any atom is -0.411 e. The normalized spacial score (nSPS) is 36.1. The summed E-state index contributed by atoms with van der Waals surface area (Å²) in [5, 5.41) is 12.4. The maximum Gasteiger partial charge on any atom is 0.187 e. The second-order valence-electron chi connectivity index (χ2n) is 5.39. The summed E-state index contributed by atoms with van der Waals surface area (Å²) in [6.45, 7) is 5.34. The zero-order valence-electron chi connectivity index (χ0n) is 12.2. The molecule has 2 rings (SSSR count). The van der Waals surface area contributed by atoms with Crippen LogP contribution in [0, 0.1) is 0 Å². The average Bonchev–Trinajstić information content (AvgIpc) is 2.88. The largest absolute Gasteiger partial charge is 0.411 e. The van der Waals surface area contributed by atoms with Gasteiger partial charge in [0.25, 0.3) is 0 Å². The number of carbonyl (C=O) groups excluding carboxylic acids is 1. The van der Waals surface area contributed by atoms with Gasteiger partial charge in [-0.1, -0.05) is 12.1 Å². The Morgan fingerprint density at radius 3 is 2.55 bits per heavy atom. The van der Waals surface area contributed by atoms with Crippen molar-refractivity contribution in [1.82, 2.24) is 0 Å². The molecule has 20 heavy (non-hydrogen) atoms. The van der Waals surface area contributed by atoms with Crippen molar-refractivity contribution in [3.05, 3.63) is 0 Å². The van der Waals surface area contributed by atoms with Crippen LogP contribution in [0.3, 0.4) is 0 Å². The molecule has 0 unspecified atom stereocenters. The SMILES string of the molecule is CCC(=O)C/C(=N\O)[C@H]1O[C@@H](OC)[C@@H]2OC(C)(C)O[C@@H]21. The van der Waals surface area contributed by atoms with Gasteiger partial charge in [0.1, 0.15) is 24.1 Å². The maximum atomic E-state index is 11.6. The molecule has 2 saturated heterocycles. The van der Waals surface area contributed by atoms with Gasteiger partial charge < -0.3 is 24.2 Å². The van der Waals surface area contributed by atoms with Crippen LogP contribution >= 0.6 is 0 Å². The summed E-state index contributed by atoms with van der Waals surface area (Å²) in [5.41, 5.74) is 0.243. The zero-order chi connectivity index (χ0) is 14.9. The van der Waals surface area contributed by atoms with E-state index in [1.165, 1.54) is 7.11 Å². The highest BCUT2D eigenvalue weighted by molar-refractivity contribution is 6.04. The number of hydrogen-bond donors (Lipinski definition) is 1. The van der Waals surface area contributed by atoms with Gasteiger partial charge in [-0.15, -0.1) is 0 Å². The second kappa shape index (κ2) is 5.77. The van der Waals surface area contributed by atoms with Gasteiger partial charge in [0.15, 0.2) is 12.1 Å². The number of ketones is 1. The predicted octanol–water partition coefficient (Wildman–Crippen LogP) is 1.08. The number of nitrogens with zero attached hydrogens (tertiary/aromatic N) is 1. The monoisotopic (exact) mass is 287 g/mol. The third kappa shape index (κ3) is 2.85. The van der Waals surface area contributed by atoms with Crippen molar-refractivity contribution < 1.29 is 28.9 Å². The first-order valence-electron chi connectivity index (χ1n) is 6.68. The molecular formula is C13H21NO6. The van der Waals surface area contributed by atoms with Gasteiger partial charge in [-0.3, -0.25) is 4.79 Å². The number of rotatable bonds is 5. The molecule has 0 aromatic heterocycles. The van der Waals surface area contributed by atoms with Crippen LogP contribution in [0.5, 0.6) is 0 Å². The van der Waals surface area contributed by atoms with Gasteiger partial charge in [0.2, 0.25) is 0 Å². The number of carbonyl (C=O) groups is 1. The Balaban J connectivity index is 2.17. The van der Waals surface area contributed by atoms with E-state index in [1.54, 1.807) is 20.8 Å². The summed E-state index contributed by atoms with van der Waals surface area (Å²) >= 11 is 0. The fraction of sp³-hybridized carbons (Fsp3) is 0.846. The van der Waals surface area contributed by atoms with E-state index in [9.17, 15) is 4.79 Å². The molecule has 2 fully saturated rings. The molecule has 0 aromatic rings. The molecule has 0 aromatic carbocycles. The first-order chi connectivity index (χ1) is 9.41. The molecule has 0 aliphatic carbocycles. The Kier molecular flexibility index (Phi) is 4.43. The molecule has 7 heteroatoms. The highest BCUT2D eigenvalue weighted by Gasteiger charge is 2.57. The van der Waals surface area contributed by atoms with Gasteiger partial charge in [-0.2, -0.15) is 0 Å². The van der Waals surface area contributed by atoms with E-state index in [2.05, 4.69) is 5.16 Å². The van der Waals surface area contributed by atoms with Crippen molar-refractivity contribution in [1.29, 1.82) is 0 Å². The van der Waals surface area contributed by atoms with Crippen molar-refractivity contribution in [3.8, 4) is 0 Å². The van der Waals surface area contributed by atoms with Crippen LogP contribution in [0.2, 0.25) is 0 Å². The summed E-state index contributed by atoms with van der Waals surface area (Å²) in [7, 11) is 1.51. The molecule has 0 bridgehead atoms. The third-order valence-electron chi connectivity index (χ3n) is 3.47. The fourth-order valence-electron chi connectivity index (χ4n) is 2.54. The first-order valence-corrected chi connectivity index (χ1v) is 6.68. The standard InChI is InChI=1S/C13H21NO6/c1-5-7(15)6-8(14-16)9-10-11(12(17-4)18-9)20-13(2,3)19-10/h9-12,16H,5-6H2,1-4H3/b14-8+/t9-,10-,11-,12-/m1/s1. The van der Waals surface area contributed by atoms with Gasteiger partial charge in [0.05, 0.1) is 12.1 Å². The maximum absolute atomic E-state index is 11.6. The number of hydrogen-bond acceptors (Lipinski definition) is 7. The van der Waals surface area contributed by atoms with Crippen LogP contribution in [0.15, 0.2) is 5.16 Å². The lowest BCUT2D eigenvalue weighted by molar-refractivity contribution is -0.219. The minimum atomic E-state index is -0.760. The van der Waals surface area contributed by atoms with E-state index in [4.69, 9.17) is 24.2 Å². The van der Waals surface area contributed by atoms with E-state index < -0.39 is 30.4 Å². The molecule has 2 aliphatic heterocycles. The van der Waals surface area contributed by atoms with Crippen LogP contribution in [-0.2, 0) is 23.7 Å². The molecule has 0 radical (unpaired) electrons. The summed E-state index contributed by atoms with van der Waals surface area (Å²) in [4.78, 5) is 11.6. The summed E-state index contributed by atoms with van der Waals surface area (Å²) in [6, 6.07) is 0. The molecule has 2 heterocycles. The molecule has 1 N–H and O–H groups in total. The van der Waals surface area contributed by atoms with E-state index in [-0.39, 0.29) is 17.9 Å². The topological polar surface area (TPSA) is 86.6 Å². The van der Waals surface area contributed by atoms with Crippen LogP contribution < -0.4 is 0 Å². The van der Waals surface area contributed by atoms with Crippen molar-refractivity contribution in [2.45, 2.75) is 64.0 Å². The van der Waals surface area contributed by atoms with Crippen LogP contribution in [-0.4, -0.2) is 54.2 Å². The molecule has 7 nitrogen and oxygen atoms in total. The summed E-state index contributed by atoms with van der Waals surface area (Å²) in [5.74, 6) is -0.791. The van der Waals surface area contributed by atoms with E-state index in [0.717, 1.165) is 0 Å². The van der Waals surface area contributed by atoms with E-state index in [0.29, 0.717) is 6.42 Å². The molecule has 4 atom stereocenters. The summed E-state index contributed by atoms with van der Waals surface area (Å²) < 4.78 is 22.4. The lowest BCUT2D eigenvalue weighted by atomic mass is 10.0. The van der Waals surface area contributed by atoms with Crippen molar-refractivity contribution in [2.75, 3.05) is 7.11 Å². The van der Waals surface area contributed by atoms with Crippen molar-refractivity contribution >= 4 is 11.5 Å². The number of Topliss-reactive ketones (excluding diaryl/α,β-unsaturated/α-hetero) is 1. The highest BCUT2D eigenvalue weighted by atomic mass is 16.8. The number of oxime groups is 1. The van der Waals surface area contributed by atoms with Crippen molar-refractivity contribution in [2.24, 2.45) is 5.16 Å². The molecule has 114 valence electrons. The Labute approximate surface area is 117 Å².